The molecule has 0 amide bonds. The molecular weight excluding hydrogens is 330 g/mol. The number of aliphatic imine (C=N–C) groups is 1. The minimum absolute atomic E-state index is 0.146. The number of cyclic esters (lactones) is 1. The Labute approximate surface area is 151 Å². The maximum absolute atomic E-state index is 12.1. The van der Waals surface area contributed by atoms with Gasteiger partial charge < -0.3 is 14.2 Å². The van der Waals surface area contributed by atoms with Gasteiger partial charge in [0.05, 0.1) is 7.11 Å². The number of hydrogen-bond acceptors (Lipinski definition) is 5. The highest BCUT2D eigenvalue weighted by atomic mass is 16.6. The summed E-state index contributed by atoms with van der Waals surface area (Å²) in [4.78, 5) is 16.4. The summed E-state index contributed by atoms with van der Waals surface area (Å²) in [6, 6.07) is 12.9. The molecule has 0 spiro atoms. The Morgan fingerprint density at radius 3 is 2.65 bits per heavy atom. The van der Waals surface area contributed by atoms with E-state index in [2.05, 4.69) is 10.9 Å². The summed E-state index contributed by atoms with van der Waals surface area (Å²) in [6.07, 6.45) is 6.84. The van der Waals surface area contributed by atoms with E-state index in [1.165, 1.54) is 7.11 Å². The normalized spacial score (nSPS) is 14.6. The van der Waals surface area contributed by atoms with Crippen LogP contribution in [0.3, 0.4) is 0 Å². The predicted molar refractivity (Wildman–Crippen MR) is 99.1 cm³/mol. The molecule has 0 aliphatic carbocycles. The number of esters is 1. The van der Waals surface area contributed by atoms with Gasteiger partial charge in [-0.3, -0.25) is 0 Å². The summed E-state index contributed by atoms with van der Waals surface area (Å²) >= 11 is 0. The van der Waals surface area contributed by atoms with Gasteiger partial charge in [-0.25, -0.2) is 9.79 Å². The summed E-state index contributed by atoms with van der Waals surface area (Å²) in [5.41, 5.74) is 2.83. The molecule has 0 saturated heterocycles. The minimum Gasteiger partial charge on any atom is -0.493 e. The Balaban J connectivity index is 1.88. The van der Waals surface area contributed by atoms with Gasteiger partial charge in [-0.05, 0) is 42.8 Å². The third kappa shape index (κ3) is 3.76. The monoisotopic (exact) mass is 347 g/mol. The first-order valence-corrected chi connectivity index (χ1v) is 7.94. The second-order valence-electron chi connectivity index (χ2n) is 5.61. The maximum Gasteiger partial charge on any atom is 0.363 e. The molecule has 1 heterocycles. The Hall–Kier alpha value is -3.52. The third-order valence-corrected chi connectivity index (χ3v) is 3.72. The number of terminal acetylenes is 1. The van der Waals surface area contributed by atoms with Crippen LogP contribution in [0.15, 0.2) is 53.2 Å². The highest BCUT2D eigenvalue weighted by Gasteiger charge is 2.24. The number of benzene rings is 2. The summed E-state index contributed by atoms with van der Waals surface area (Å²) in [5.74, 6) is 3.25. The quantitative estimate of drug-likeness (QED) is 0.473. The van der Waals surface area contributed by atoms with Gasteiger partial charge in [0.2, 0.25) is 5.90 Å². The molecule has 0 bridgehead atoms. The van der Waals surface area contributed by atoms with Crippen LogP contribution in [0, 0.1) is 19.3 Å². The van der Waals surface area contributed by atoms with Crippen molar-refractivity contribution in [2.45, 2.75) is 6.92 Å². The summed E-state index contributed by atoms with van der Waals surface area (Å²) in [7, 11) is 1.53. The van der Waals surface area contributed by atoms with Gasteiger partial charge in [-0.2, -0.15) is 0 Å². The summed E-state index contributed by atoms with van der Waals surface area (Å²) in [5, 5.41) is 0. The van der Waals surface area contributed by atoms with Crippen molar-refractivity contribution in [2.75, 3.05) is 13.7 Å². The second-order valence-corrected chi connectivity index (χ2v) is 5.61. The van der Waals surface area contributed by atoms with Gasteiger partial charge >= 0.3 is 5.97 Å². The van der Waals surface area contributed by atoms with Crippen molar-refractivity contribution < 1.29 is 19.0 Å². The molecular formula is C21H17NO4. The first-order valence-electron chi connectivity index (χ1n) is 7.94. The molecule has 0 saturated carbocycles. The van der Waals surface area contributed by atoms with E-state index in [0.29, 0.717) is 17.4 Å². The van der Waals surface area contributed by atoms with Crippen molar-refractivity contribution in [3.63, 3.8) is 0 Å². The lowest BCUT2D eigenvalue weighted by atomic mass is 10.1. The molecule has 1 aliphatic heterocycles. The SMILES string of the molecule is C#CCOc1ccc(/C=C2/N=C(c3ccc(C)cc3)OC2=O)cc1OC. The molecule has 0 atom stereocenters. The standard InChI is InChI=1S/C21H17NO4/c1-4-11-25-18-10-7-15(13-19(18)24-3)12-17-21(23)26-20(22-17)16-8-5-14(2)6-9-16/h1,5-10,12-13H,11H2,2-3H3/b17-12+. The number of carbonyl (C=O) groups excluding carboxylic acids is 1. The molecule has 130 valence electrons. The molecule has 5 heteroatoms. The number of carbonyl (C=O) groups is 1. The lowest BCUT2D eigenvalue weighted by Crippen LogP contribution is -2.05. The van der Waals surface area contributed by atoms with E-state index in [-0.39, 0.29) is 12.3 Å². The maximum atomic E-state index is 12.1. The van der Waals surface area contributed by atoms with Crippen molar-refractivity contribution >= 4 is 17.9 Å². The molecule has 5 nitrogen and oxygen atoms in total. The Kier molecular flexibility index (Phi) is 5.04. The summed E-state index contributed by atoms with van der Waals surface area (Å²) < 4.78 is 16.0. The fourth-order valence-electron chi connectivity index (χ4n) is 2.40. The fraction of sp³-hybridized carbons (Fsp3) is 0.143. The second kappa shape index (κ2) is 7.58. The van der Waals surface area contributed by atoms with E-state index in [4.69, 9.17) is 20.6 Å². The van der Waals surface area contributed by atoms with E-state index in [0.717, 1.165) is 16.7 Å². The van der Waals surface area contributed by atoms with E-state index >= 15 is 0 Å². The Morgan fingerprint density at radius 1 is 1.19 bits per heavy atom. The van der Waals surface area contributed by atoms with Crippen LogP contribution in [-0.2, 0) is 9.53 Å². The van der Waals surface area contributed by atoms with Crippen LogP contribution in [0.4, 0.5) is 0 Å². The van der Waals surface area contributed by atoms with E-state index < -0.39 is 5.97 Å². The fourth-order valence-corrected chi connectivity index (χ4v) is 2.40. The predicted octanol–water partition coefficient (Wildman–Crippen LogP) is 3.36. The van der Waals surface area contributed by atoms with Crippen LogP contribution in [-0.4, -0.2) is 25.6 Å². The van der Waals surface area contributed by atoms with Crippen LogP contribution in [0.5, 0.6) is 11.5 Å². The number of methoxy groups -OCH3 is 1. The molecule has 0 fully saturated rings. The van der Waals surface area contributed by atoms with Gasteiger partial charge in [-0.1, -0.05) is 29.7 Å². The molecule has 0 aromatic heterocycles. The lowest BCUT2D eigenvalue weighted by Gasteiger charge is -2.09. The third-order valence-electron chi connectivity index (χ3n) is 3.72. The lowest BCUT2D eigenvalue weighted by molar-refractivity contribution is -0.129. The summed E-state index contributed by atoms with van der Waals surface area (Å²) in [6.45, 7) is 2.13. The molecule has 3 rings (SSSR count). The number of rotatable bonds is 5. The highest BCUT2D eigenvalue weighted by Crippen LogP contribution is 2.29. The topological polar surface area (TPSA) is 57.1 Å². The van der Waals surface area contributed by atoms with Gasteiger partial charge in [0.25, 0.3) is 0 Å². The zero-order valence-electron chi connectivity index (χ0n) is 14.5. The van der Waals surface area contributed by atoms with Gasteiger partial charge in [0.15, 0.2) is 17.2 Å². The molecule has 2 aromatic rings. The van der Waals surface area contributed by atoms with Crippen molar-refractivity contribution in [2.24, 2.45) is 4.99 Å². The van der Waals surface area contributed by atoms with Crippen LogP contribution < -0.4 is 9.47 Å². The van der Waals surface area contributed by atoms with Gasteiger partial charge in [0, 0.05) is 5.56 Å². The number of ether oxygens (including phenoxy) is 3. The van der Waals surface area contributed by atoms with Crippen LogP contribution >= 0.6 is 0 Å². The van der Waals surface area contributed by atoms with Crippen LogP contribution in [0.1, 0.15) is 16.7 Å². The first kappa shape index (κ1) is 17.3. The number of nitrogens with zero attached hydrogens (tertiary/aromatic N) is 1. The van der Waals surface area contributed by atoms with Crippen molar-refractivity contribution in [1.29, 1.82) is 0 Å². The van der Waals surface area contributed by atoms with Crippen molar-refractivity contribution in [3.05, 3.63) is 64.9 Å². The molecule has 0 unspecified atom stereocenters. The van der Waals surface area contributed by atoms with Crippen molar-refractivity contribution in [1.82, 2.24) is 0 Å². The number of aryl methyl sites for hydroxylation is 1. The molecule has 26 heavy (non-hydrogen) atoms. The molecule has 0 radical (unpaired) electrons. The van der Waals surface area contributed by atoms with Gasteiger partial charge in [0.1, 0.15) is 6.61 Å². The zero-order chi connectivity index (χ0) is 18.5. The van der Waals surface area contributed by atoms with E-state index in [1.807, 2.05) is 31.2 Å². The Bertz CT molecular complexity index is 933. The first-order chi connectivity index (χ1) is 12.6. The van der Waals surface area contributed by atoms with E-state index in [9.17, 15) is 4.79 Å². The molecule has 1 aliphatic rings. The van der Waals surface area contributed by atoms with Gasteiger partial charge in [-0.15, -0.1) is 6.42 Å². The molecule has 0 N–H and O–H groups in total. The smallest absolute Gasteiger partial charge is 0.363 e. The average molecular weight is 347 g/mol. The van der Waals surface area contributed by atoms with Crippen molar-refractivity contribution in [3.8, 4) is 23.8 Å². The minimum atomic E-state index is -0.493. The van der Waals surface area contributed by atoms with Crippen LogP contribution in [0.2, 0.25) is 0 Å². The number of hydrogen-bond donors (Lipinski definition) is 0. The van der Waals surface area contributed by atoms with Crippen LogP contribution in [0.25, 0.3) is 6.08 Å². The molecule has 2 aromatic carbocycles. The van der Waals surface area contributed by atoms with E-state index in [1.54, 1.807) is 24.3 Å². The zero-order valence-corrected chi connectivity index (χ0v) is 14.5. The largest absolute Gasteiger partial charge is 0.493 e. The average Bonchev–Trinajstić information content (AvgIpc) is 3.01. The Morgan fingerprint density at radius 2 is 1.96 bits per heavy atom. The highest BCUT2D eigenvalue weighted by molar-refractivity contribution is 6.12.